The Hall–Kier alpha value is -1.55. The van der Waals surface area contributed by atoms with Gasteiger partial charge in [-0.2, -0.15) is 0 Å². The number of methoxy groups -OCH3 is 1. The van der Waals surface area contributed by atoms with Gasteiger partial charge in [-0.3, -0.25) is 0 Å². The minimum absolute atomic E-state index is 0.677. The predicted molar refractivity (Wildman–Crippen MR) is 69.5 cm³/mol. The van der Waals surface area contributed by atoms with Gasteiger partial charge >= 0.3 is 0 Å². The molecule has 16 heavy (non-hydrogen) atoms. The Labute approximate surface area is 101 Å². The van der Waals surface area contributed by atoms with Crippen molar-refractivity contribution in [2.24, 2.45) is 7.05 Å². The third kappa shape index (κ3) is 2.33. The van der Waals surface area contributed by atoms with Crippen LogP contribution in [-0.4, -0.2) is 16.7 Å². The van der Waals surface area contributed by atoms with Gasteiger partial charge in [0.25, 0.3) is 0 Å². The van der Waals surface area contributed by atoms with Crippen LogP contribution >= 0.6 is 12.2 Å². The van der Waals surface area contributed by atoms with E-state index in [0.717, 1.165) is 17.0 Å². The molecule has 0 aromatic carbocycles. The van der Waals surface area contributed by atoms with E-state index in [1.807, 2.05) is 36.9 Å². The molecule has 0 atom stereocenters. The molecule has 1 rings (SSSR count). The third-order valence-electron chi connectivity index (χ3n) is 2.31. The molecule has 4 heteroatoms. The van der Waals surface area contributed by atoms with Gasteiger partial charge in [-0.25, -0.2) is 0 Å². The molecule has 0 saturated carbocycles. The summed E-state index contributed by atoms with van der Waals surface area (Å²) in [7, 11) is 3.56. The van der Waals surface area contributed by atoms with Gasteiger partial charge in [0.15, 0.2) is 4.77 Å². The van der Waals surface area contributed by atoms with Gasteiger partial charge in [0, 0.05) is 18.8 Å². The van der Waals surface area contributed by atoms with Crippen LogP contribution in [0.5, 0.6) is 0 Å². The number of hydrogen-bond acceptors (Lipinski definition) is 2. The molecule has 1 aromatic heterocycles. The van der Waals surface area contributed by atoms with E-state index in [2.05, 4.69) is 11.6 Å². The van der Waals surface area contributed by atoms with E-state index in [1.165, 1.54) is 0 Å². The monoisotopic (exact) mass is 236 g/mol. The number of imidazole rings is 1. The summed E-state index contributed by atoms with van der Waals surface area (Å²) in [6.07, 6.45) is 7.40. The molecule has 0 radical (unpaired) electrons. The molecule has 0 saturated heterocycles. The van der Waals surface area contributed by atoms with Crippen molar-refractivity contribution in [3.63, 3.8) is 0 Å². The second-order valence-electron chi connectivity index (χ2n) is 3.21. The Bertz CT molecular complexity index is 491. The lowest BCUT2D eigenvalue weighted by Crippen LogP contribution is -1.99. The lowest BCUT2D eigenvalue weighted by Gasteiger charge is -2.10. The number of aromatic amines is 1. The maximum absolute atomic E-state index is 5.32. The summed E-state index contributed by atoms with van der Waals surface area (Å²) in [5.41, 5.74) is 1.93. The van der Waals surface area contributed by atoms with E-state index < -0.39 is 0 Å². The molecule has 0 aliphatic heterocycles. The highest BCUT2D eigenvalue weighted by molar-refractivity contribution is 7.71. The first-order valence-corrected chi connectivity index (χ1v) is 5.34. The molecule has 0 fully saturated rings. The van der Waals surface area contributed by atoms with Crippen LogP contribution in [0.25, 0.3) is 5.57 Å². The molecule has 86 valence electrons. The SMILES string of the molecule is C=C/C=C(\C(=C/C)OC)c1c[nH]c(=S)n1C. The van der Waals surface area contributed by atoms with Gasteiger partial charge in [0.2, 0.25) is 0 Å². The number of nitrogens with one attached hydrogen (secondary N) is 1. The highest BCUT2D eigenvalue weighted by Crippen LogP contribution is 2.23. The predicted octanol–water partition coefficient (Wildman–Crippen LogP) is 3.20. The van der Waals surface area contributed by atoms with Gasteiger partial charge in [0.05, 0.1) is 12.8 Å². The Morgan fingerprint density at radius 3 is 2.69 bits per heavy atom. The number of ether oxygens (including phenoxy) is 1. The second-order valence-corrected chi connectivity index (χ2v) is 3.60. The molecule has 0 aliphatic rings. The molecule has 0 aliphatic carbocycles. The first-order chi connectivity index (χ1) is 7.65. The normalized spacial score (nSPS) is 12.7. The van der Waals surface area contributed by atoms with Crippen LogP contribution in [0.1, 0.15) is 12.6 Å². The van der Waals surface area contributed by atoms with Crippen LogP contribution in [0.3, 0.4) is 0 Å². The molecule has 0 unspecified atom stereocenters. The standard InChI is InChI=1S/C12H16N2OS/c1-5-7-9(11(6-2)15-4)10-8-13-12(16)14(10)3/h5-8H,1H2,2-4H3,(H,13,16)/b9-7-,11-6+. The fraction of sp³-hybridized carbons (Fsp3) is 0.250. The van der Waals surface area contributed by atoms with E-state index in [0.29, 0.717) is 4.77 Å². The number of rotatable bonds is 4. The van der Waals surface area contributed by atoms with E-state index >= 15 is 0 Å². The van der Waals surface area contributed by atoms with Crippen molar-refractivity contribution in [1.29, 1.82) is 0 Å². The first kappa shape index (κ1) is 12.5. The maximum Gasteiger partial charge on any atom is 0.177 e. The molecule has 0 bridgehead atoms. The third-order valence-corrected chi connectivity index (χ3v) is 2.70. The van der Waals surface area contributed by atoms with Crippen molar-refractivity contribution in [2.45, 2.75) is 6.92 Å². The highest BCUT2D eigenvalue weighted by Gasteiger charge is 2.10. The summed E-state index contributed by atoms with van der Waals surface area (Å²) in [5, 5.41) is 0. The van der Waals surface area contributed by atoms with Crippen LogP contribution < -0.4 is 0 Å². The van der Waals surface area contributed by atoms with E-state index in [1.54, 1.807) is 13.2 Å². The number of aromatic nitrogens is 2. The summed E-state index contributed by atoms with van der Waals surface area (Å²) < 4.78 is 7.89. The average molecular weight is 236 g/mol. The number of hydrogen-bond donors (Lipinski definition) is 1. The molecule has 0 spiro atoms. The summed E-state index contributed by atoms with van der Waals surface area (Å²) in [4.78, 5) is 3.00. The Morgan fingerprint density at radius 2 is 2.31 bits per heavy atom. The van der Waals surface area contributed by atoms with Crippen molar-refractivity contribution in [3.8, 4) is 0 Å². The number of nitrogens with zero attached hydrogens (tertiary/aromatic N) is 1. The molecule has 0 amide bonds. The molecule has 1 N–H and O–H groups in total. The Morgan fingerprint density at radius 1 is 1.62 bits per heavy atom. The molecule has 3 nitrogen and oxygen atoms in total. The van der Waals surface area contributed by atoms with E-state index in [-0.39, 0.29) is 0 Å². The topological polar surface area (TPSA) is 29.9 Å². The fourth-order valence-electron chi connectivity index (χ4n) is 1.49. The van der Waals surface area contributed by atoms with Gasteiger partial charge in [-0.15, -0.1) is 0 Å². The summed E-state index contributed by atoms with van der Waals surface area (Å²) in [6.45, 7) is 5.64. The van der Waals surface area contributed by atoms with Crippen LogP contribution in [0.2, 0.25) is 0 Å². The Kier molecular flexibility index (Phi) is 4.31. The maximum atomic E-state index is 5.32. The largest absolute Gasteiger partial charge is 0.496 e. The van der Waals surface area contributed by atoms with Gasteiger partial charge in [-0.05, 0) is 31.3 Å². The minimum Gasteiger partial charge on any atom is -0.496 e. The van der Waals surface area contributed by atoms with Crippen molar-refractivity contribution >= 4 is 17.8 Å². The van der Waals surface area contributed by atoms with Crippen molar-refractivity contribution < 1.29 is 4.74 Å². The zero-order valence-electron chi connectivity index (χ0n) is 9.78. The van der Waals surface area contributed by atoms with Crippen LogP contribution in [0, 0.1) is 4.77 Å². The first-order valence-electron chi connectivity index (χ1n) is 4.93. The zero-order chi connectivity index (χ0) is 12.1. The van der Waals surface area contributed by atoms with Crippen molar-refractivity contribution in [2.75, 3.05) is 7.11 Å². The lowest BCUT2D eigenvalue weighted by molar-refractivity contribution is 0.310. The smallest absolute Gasteiger partial charge is 0.177 e. The van der Waals surface area contributed by atoms with Crippen molar-refractivity contribution in [1.82, 2.24) is 9.55 Å². The second kappa shape index (κ2) is 5.51. The molecular weight excluding hydrogens is 220 g/mol. The van der Waals surface area contributed by atoms with Crippen LogP contribution in [0.4, 0.5) is 0 Å². The van der Waals surface area contributed by atoms with Gasteiger partial charge < -0.3 is 14.3 Å². The van der Waals surface area contributed by atoms with E-state index in [9.17, 15) is 0 Å². The molecule has 1 heterocycles. The highest BCUT2D eigenvalue weighted by atomic mass is 32.1. The molecule has 1 aromatic rings. The lowest BCUT2D eigenvalue weighted by atomic mass is 10.1. The minimum atomic E-state index is 0.677. The van der Waals surface area contributed by atoms with Gasteiger partial charge in [0.1, 0.15) is 5.76 Å². The summed E-state index contributed by atoms with van der Waals surface area (Å²) in [6, 6.07) is 0. The van der Waals surface area contributed by atoms with E-state index in [4.69, 9.17) is 17.0 Å². The van der Waals surface area contributed by atoms with Crippen molar-refractivity contribution in [3.05, 3.63) is 47.2 Å². The zero-order valence-corrected chi connectivity index (χ0v) is 10.6. The number of H-pyrrole nitrogens is 1. The molecular formula is C12H16N2OS. The van der Waals surface area contributed by atoms with Crippen LogP contribution in [-0.2, 0) is 11.8 Å². The summed E-state index contributed by atoms with van der Waals surface area (Å²) >= 11 is 5.13. The van der Waals surface area contributed by atoms with Gasteiger partial charge in [-0.1, -0.05) is 12.7 Å². The van der Waals surface area contributed by atoms with Crippen LogP contribution in [0.15, 0.2) is 36.8 Å². The quantitative estimate of drug-likeness (QED) is 0.494. The number of allylic oxidation sites excluding steroid dienone is 4. The summed E-state index contributed by atoms with van der Waals surface area (Å²) in [5.74, 6) is 0.796. The Balaban J connectivity index is 3.35. The fourth-order valence-corrected chi connectivity index (χ4v) is 1.64. The average Bonchev–Trinajstić information content (AvgIpc) is 2.60.